The Hall–Kier alpha value is -1.06. The standard InChI is InChI=1S/C9H14N2O2/c1-9-6-4-2-3-5-7(9)10-11-8(12)13-9/h2-6H2,1H3,(H,11,12)/t9-/m1/s1. The highest BCUT2D eigenvalue weighted by Crippen LogP contribution is 2.29. The summed E-state index contributed by atoms with van der Waals surface area (Å²) in [6.07, 6.45) is 4.88. The molecule has 2 aliphatic rings. The van der Waals surface area contributed by atoms with E-state index < -0.39 is 11.7 Å². The minimum absolute atomic E-state index is 0.423. The Morgan fingerprint density at radius 3 is 3.15 bits per heavy atom. The van der Waals surface area contributed by atoms with E-state index in [0.717, 1.165) is 31.4 Å². The third-order valence-electron chi connectivity index (χ3n) is 2.78. The second kappa shape index (κ2) is 3.01. The molecule has 0 aromatic heterocycles. The van der Waals surface area contributed by atoms with E-state index >= 15 is 0 Å². The highest BCUT2D eigenvalue weighted by Gasteiger charge is 2.38. The fourth-order valence-corrected chi connectivity index (χ4v) is 1.96. The smallest absolute Gasteiger partial charge is 0.428 e. The molecule has 1 saturated carbocycles. The fraction of sp³-hybridized carbons (Fsp3) is 0.778. The molecular weight excluding hydrogens is 168 g/mol. The molecule has 1 heterocycles. The molecule has 4 heteroatoms. The number of hydrazone groups is 1. The zero-order valence-corrected chi connectivity index (χ0v) is 7.80. The minimum atomic E-state index is -0.432. The Morgan fingerprint density at radius 1 is 1.46 bits per heavy atom. The van der Waals surface area contributed by atoms with Gasteiger partial charge in [-0.15, -0.1) is 0 Å². The first-order valence-electron chi connectivity index (χ1n) is 4.77. The second-order valence-electron chi connectivity index (χ2n) is 3.85. The number of ether oxygens (including phenoxy) is 1. The van der Waals surface area contributed by atoms with Crippen molar-refractivity contribution in [2.24, 2.45) is 5.10 Å². The van der Waals surface area contributed by atoms with Crippen LogP contribution in [0.1, 0.15) is 39.0 Å². The van der Waals surface area contributed by atoms with E-state index in [1.54, 1.807) is 0 Å². The Kier molecular flexibility index (Phi) is 1.98. The lowest BCUT2D eigenvalue weighted by atomic mass is 9.94. The predicted octanol–water partition coefficient (Wildman–Crippen LogP) is 1.80. The maximum absolute atomic E-state index is 11.0. The van der Waals surface area contributed by atoms with Crippen molar-refractivity contribution in [1.29, 1.82) is 0 Å². The lowest BCUT2D eigenvalue weighted by Gasteiger charge is -2.32. The molecule has 1 aliphatic carbocycles. The summed E-state index contributed by atoms with van der Waals surface area (Å²) >= 11 is 0. The number of rotatable bonds is 0. The van der Waals surface area contributed by atoms with E-state index in [4.69, 9.17) is 4.74 Å². The second-order valence-corrected chi connectivity index (χ2v) is 3.85. The van der Waals surface area contributed by atoms with Gasteiger partial charge in [0.05, 0.1) is 5.71 Å². The van der Waals surface area contributed by atoms with Crippen molar-refractivity contribution in [2.75, 3.05) is 0 Å². The Labute approximate surface area is 77.3 Å². The topological polar surface area (TPSA) is 50.7 Å². The van der Waals surface area contributed by atoms with E-state index in [1.807, 2.05) is 6.92 Å². The summed E-state index contributed by atoms with van der Waals surface area (Å²) in [7, 11) is 0. The number of fused-ring (bicyclic) bond motifs is 1. The molecule has 1 aliphatic heterocycles. The highest BCUT2D eigenvalue weighted by molar-refractivity contribution is 5.96. The predicted molar refractivity (Wildman–Crippen MR) is 48.5 cm³/mol. The molecule has 0 saturated heterocycles. The number of hydrogen-bond acceptors (Lipinski definition) is 3. The van der Waals surface area contributed by atoms with Gasteiger partial charge >= 0.3 is 6.09 Å². The molecule has 0 spiro atoms. The molecule has 13 heavy (non-hydrogen) atoms. The first-order valence-corrected chi connectivity index (χ1v) is 4.77. The van der Waals surface area contributed by atoms with E-state index in [2.05, 4.69) is 10.5 Å². The summed E-state index contributed by atoms with van der Waals surface area (Å²) in [5.74, 6) is 0. The molecule has 1 fully saturated rings. The fourth-order valence-electron chi connectivity index (χ4n) is 1.96. The number of carbonyl (C=O) groups is 1. The minimum Gasteiger partial charge on any atom is -0.436 e. The first-order chi connectivity index (χ1) is 6.21. The number of amides is 1. The molecule has 0 aromatic rings. The van der Waals surface area contributed by atoms with Crippen molar-refractivity contribution in [1.82, 2.24) is 5.43 Å². The zero-order chi connectivity index (χ0) is 9.31. The normalized spacial score (nSPS) is 33.6. The van der Waals surface area contributed by atoms with E-state index in [-0.39, 0.29) is 0 Å². The van der Waals surface area contributed by atoms with Gasteiger partial charge in [0.15, 0.2) is 5.60 Å². The summed E-state index contributed by atoms with van der Waals surface area (Å²) in [4.78, 5) is 11.0. The number of hydrogen-bond donors (Lipinski definition) is 1. The van der Waals surface area contributed by atoms with Gasteiger partial charge < -0.3 is 4.74 Å². The van der Waals surface area contributed by atoms with Gasteiger partial charge in [0.1, 0.15) is 0 Å². The number of nitrogens with one attached hydrogen (secondary N) is 1. The molecule has 0 aromatic carbocycles. The van der Waals surface area contributed by atoms with Gasteiger partial charge in [0.2, 0.25) is 0 Å². The number of carbonyl (C=O) groups excluding carboxylic acids is 1. The average Bonchev–Trinajstić information content (AvgIpc) is 2.24. The SMILES string of the molecule is C[C@@]12CCCCCC1=NNC(=O)O2. The summed E-state index contributed by atoms with van der Waals surface area (Å²) in [5, 5.41) is 4.06. The van der Waals surface area contributed by atoms with Crippen LogP contribution < -0.4 is 5.43 Å². The van der Waals surface area contributed by atoms with E-state index in [1.165, 1.54) is 6.42 Å². The lowest BCUT2D eigenvalue weighted by Crippen LogP contribution is -2.47. The van der Waals surface area contributed by atoms with Crippen LogP contribution in [0.4, 0.5) is 4.79 Å². The summed E-state index contributed by atoms with van der Waals surface area (Å²) < 4.78 is 5.28. The van der Waals surface area contributed by atoms with Crippen LogP contribution in [0.5, 0.6) is 0 Å². The average molecular weight is 182 g/mol. The van der Waals surface area contributed by atoms with Crippen molar-refractivity contribution in [3.8, 4) is 0 Å². The van der Waals surface area contributed by atoms with Crippen molar-refractivity contribution < 1.29 is 9.53 Å². The summed E-state index contributed by atoms with van der Waals surface area (Å²) in [6.45, 7) is 1.95. The maximum atomic E-state index is 11.0. The molecular formula is C9H14N2O2. The van der Waals surface area contributed by atoms with Crippen LogP contribution in [0, 0.1) is 0 Å². The summed E-state index contributed by atoms with van der Waals surface area (Å²) in [6, 6.07) is 0. The van der Waals surface area contributed by atoms with Crippen LogP contribution in [0.2, 0.25) is 0 Å². The van der Waals surface area contributed by atoms with Crippen LogP contribution in [-0.4, -0.2) is 17.4 Å². The van der Waals surface area contributed by atoms with Crippen molar-refractivity contribution in [3.05, 3.63) is 0 Å². The van der Waals surface area contributed by atoms with Crippen LogP contribution in [-0.2, 0) is 4.74 Å². The Bertz CT molecular complexity index is 262. The zero-order valence-electron chi connectivity index (χ0n) is 7.80. The van der Waals surface area contributed by atoms with Crippen LogP contribution in [0.15, 0.2) is 5.10 Å². The maximum Gasteiger partial charge on any atom is 0.428 e. The van der Waals surface area contributed by atoms with Gasteiger partial charge in [-0.3, -0.25) is 0 Å². The molecule has 72 valence electrons. The molecule has 1 N–H and O–H groups in total. The van der Waals surface area contributed by atoms with Crippen molar-refractivity contribution in [3.63, 3.8) is 0 Å². The molecule has 4 nitrogen and oxygen atoms in total. The van der Waals surface area contributed by atoms with Gasteiger partial charge in [-0.2, -0.15) is 5.10 Å². The van der Waals surface area contributed by atoms with Crippen molar-refractivity contribution in [2.45, 2.75) is 44.6 Å². The van der Waals surface area contributed by atoms with E-state index in [0.29, 0.717) is 0 Å². The monoisotopic (exact) mass is 182 g/mol. The molecule has 2 rings (SSSR count). The third-order valence-corrected chi connectivity index (χ3v) is 2.78. The summed E-state index contributed by atoms with van der Waals surface area (Å²) in [5.41, 5.74) is 2.92. The van der Waals surface area contributed by atoms with Crippen LogP contribution in [0.3, 0.4) is 0 Å². The van der Waals surface area contributed by atoms with Crippen LogP contribution >= 0.6 is 0 Å². The third kappa shape index (κ3) is 1.53. The molecule has 0 bridgehead atoms. The Morgan fingerprint density at radius 2 is 2.31 bits per heavy atom. The largest absolute Gasteiger partial charge is 0.436 e. The van der Waals surface area contributed by atoms with Gasteiger partial charge in [0, 0.05) is 0 Å². The quantitative estimate of drug-likeness (QED) is 0.621. The molecule has 0 unspecified atom stereocenters. The van der Waals surface area contributed by atoms with Crippen molar-refractivity contribution >= 4 is 11.8 Å². The molecule has 1 atom stereocenters. The van der Waals surface area contributed by atoms with Gasteiger partial charge in [-0.25, -0.2) is 10.2 Å². The lowest BCUT2D eigenvalue weighted by molar-refractivity contribution is 0.0582. The highest BCUT2D eigenvalue weighted by atomic mass is 16.6. The van der Waals surface area contributed by atoms with Gasteiger partial charge in [-0.1, -0.05) is 6.42 Å². The Balaban J connectivity index is 2.26. The number of nitrogens with zero attached hydrogens (tertiary/aromatic N) is 1. The molecule has 0 radical (unpaired) electrons. The van der Waals surface area contributed by atoms with Crippen LogP contribution in [0.25, 0.3) is 0 Å². The van der Waals surface area contributed by atoms with Gasteiger partial charge in [-0.05, 0) is 32.6 Å². The van der Waals surface area contributed by atoms with E-state index in [9.17, 15) is 4.79 Å². The van der Waals surface area contributed by atoms with Gasteiger partial charge in [0.25, 0.3) is 0 Å². The first kappa shape index (κ1) is 8.53. The molecule has 1 amide bonds.